The zero-order valence-electron chi connectivity index (χ0n) is 10.5. The van der Waals surface area contributed by atoms with E-state index in [-0.39, 0.29) is 17.7 Å². The van der Waals surface area contributed by atoms with Crippen molar-refractivity contribution >= 4 is 22.5 Å². The molecule has 5 nitrogen and oxygen atoms in total. The summed E-state index contributed by atoms with van der Waals surface area (Å²) in [5.41, 5.74) is -1.00. The minimum Gasteiger partial charge on any atom is -0.396 e. The van der Waals surface area contributed by atoms with Gasteiger partial charge in [-0.05, 0) is 18.8 Å². The van der Waals surface area contributed by atoms with Gasteiger partial charge in [0, 0.05) is 25.1 Å². The Labute approximate surface area is 117 Å². The van der Waals surface area contributed by atoms with Crippen molar-refractivity contribution in [1.82, 2.24) is 9.88 Å². The maximum Gasteiger partial charge on any atom is 0.434 e. The van der Waals surface area contributed by atoms with Crippen LogP contribution in [0.3, 0.4) is 0 Å². The van der Waals surface area contributed by atoms with Crippen molar-refractivity contribution in [2.24, 2.45) is 5.92 Å². The van der Waals surface area contributed by atoms with Crippen LogP contribution in [0, 0.1) is 5.92 Å². The molecule has 0 spiro atoms. The first-order chi connectivity index (χ1) is 9.40. The molecule has 1 aromatic rings. The number of anilines is 1. The lowest BCUT2D eigenvalue weighted by Gasteiger charge is -2.30. The highest BCUT2D eigenvalue weighted by atomic mass is 32.1. The minimum absolute atomic E-state index is 0.0633. The van der Waals surface area contributed by atoms with Gasteiger partial charge in [-0.15, -0.1) is 11.3 Å². The number of piperidine rings is 1. The summed E-state index contributed by atoms with van der Waals surface area (Å²) < 4.78 is 37.1. The van der Waals surface area contributed by atoms with E-state index in [4.69, 9.17) is 5.11 Å². The molecular formula is C11H14F3N3O2S. The largest absolute Gasteiger partial charge is 0.434 e. The number of alkyl halides is 3. The van der Waals surface area contributed by atoms with E-state index in [2.05, 4.69) is 10.3 Å². The van der Waals surface area contributed by atoms with Crippen LogP contribution in [0.25, 0.3) is 0 Å². The zero-order valence-corrected chi connectivity index (χ0v) is 11.3. The number of amides is 2. The monoisotopic (exact) mass is 309 g/mol. The molecule has 9 heteroatoms. The molecule has 1 fully saturated rings. The molecule has 0 unspecified atom stereocenters. The van der Waals surface area contributed by atoms with Crippen molar-refractivity contribution in [2.45, 2.75) is 19.0 Å². The highest BCUT2D eigenvalue weighted by Gasteiger charge is 2.34. The molecular weight excluding hydrogens is 295 g/mol. The maximum absolute atomic E-state index is 12.4. The first-order valence-corrected chi connectivity index (χ1v) is 6.97. The molecule has 1 aliphatic rings. The van der Waals surface area contributed by atoms with Crippen LogP contribution in [-0.4, -0.2) is 40.7 Å². The number of urea groups is 1. The Morgan fingerprint density at radius 1 is 1.50 bits per heavy atom. The number of hydrogen-bond acceptors (Lipinski definition) is 4. The van der Waals surface area contributed by atoms with Gasteiger partial charge in [-0.25, -0.2) is 9.78 Å². The fourth-order valence-electron chi connectivity index (χ4n) is 1.95. The number of nitrogens with one attached hydrogen (secondary N) is 1. The van der Waals surface area contributed by atoms with Gasteiger partial charge in [0.15, 0.2) is 10.8 Å². The summed E-state index contributed by atoms with van der Waals surface area (Å²) in [7, 11) is 0. The van der Waals surface area contributed by atoms with Gasteiger partial charge < -0.3 is 10.0 Å². The molecule has 2 rings (SSSR count). The van der Waals surface area contributed by atoms with Crippen molar-refractivity contribution in [3.8, 4) is 0 Å². The second-order valence-electron chi connectivity index (χ2n) is 4.58. The number of rotatable bonds is 2. The number of thiazole rings is 1. The molecule has 0 bridgehead atoms. The fourth-order valence-corrected chi connectivity index (χ4v) is 2.66. The van der Waals surface area contributed by atoms with E-state index in [1.54, 1.807) is 0 Å². The third-order valence-corrected chi connectivity index (χ3v) is 3.93. The second kappa shape index (κ2) is 5.96. The smallest absolute Gasteiger partial charge is 0.396 e. The Bertz CT molecular complexity index is 470. The number of hydrogen-bond donors (Lipinski definition) is 2. The lowest BCUT2D eigenvalue weighted by Crippen LogP contribution is -2.41. The van der Waals surface area contributed by atoms with Crippen LogP contribution in [0.2, 0.25) is 0 Å². The number of carbonyl (C=O) groups excluding carboxylic acids is 1. The van der Waals surface area contributed by atoms with Crippen LogP contribution in [-0.2, 0) is 6.18 Å². The molecule has 0 aliphatic carbocycles. The van der Waals surface area contributed by atoms with Gasteiger partial charge in [0.05, 0.1) is 0 Å². The average Bonchev–Trinajstić information content (AvgIpc) is 2.87. The Kier molecular flexibility index (Phi) is 4.48. The van der Waals surface area contributed by atoms with E-state index < -0.39 is 17.9 Å². The van der Waals surface area contributed by atoms with Crippen LogP contribution in [0.15, 0.2) is 5.38 Å². The molecule has 2 heterocycles. The molecule has 1 aliphatic heterocycles. The summed E-state index contributed by atoms with van der Waals surface area (Å²) in [4.78, 5) is 16.7. The topological polar surface area (TPSA) is 65.5 Å². The predicted molar refractivity (Wildman–Crippen MR) is 67.5 cm³/mol. The van der Waals surface area contributed by atoms with E-state index in [0.29, 0.717) is 25.9 Å². The van der Waals surface area contributed by atoms with Gasteiger partial charge >= 0.3 is 12.2 Å². The first kappa shape index (κ1) is 15.0. The lowest BCUT2D eigenvalue weighted by molar-refractivity contribution is -0.140. The van der Waals surface area contributed by atoms with E-state index in [1.807, 2.05) is 0 Å². The second-order valence-corrected chi connectivity index (χ2v) is 5.44. The van der Waals surface area contributed by atoms with Gasteiger partial charge in [-0.3, -0.25) is 5.32 Å². The van der Waals surface area contributed by atoms with Gasteiger partial charge in [-0.2, -0.15) is 13.2 Å². The summed E-state index contributed by atoms with van der Waals surface area (Å²) in [5, 5.41) is 12.2. The van der Waals surface area contributed by atoms with Crippen LogP contribution in [0.1, 0.15) is 18.5 Å². The molecule has 20 heavy (non-hydrogen) atoms. The van der Waals surface area contributed by atoms with E-state index in [9.17, 15) is 18.0 Å². The molecule has 2 N–H and O–H groups in total. The van der Waals surface area contributed by atoms with Crippen molar-refractivity contribution in [2.75, 3.05) is 25.0 Å². The number of likely N-dealkylation sites (tertiary alicyclic amines) is 1. The maximum atomic E-state index is 12.4. The standard InChI is InChI=1S/C11H14F3N3O2S/c12-11(13,14)8-6-20-9(15-8)16-10(19)17-3-1-7(5-18)2-4-17/h6-7,18H,1-5H2,(H,15,16,19). The van der Waals surface area contributed by atoms with Gasteiger partial charge in [0.1, 0.15) is 0 Å². The molecule has 1 aromatic heterocycles. The molecule has 0 saturated carbocycles. The Hall–Kier alpha value is -1.35. The first-order valence-electron chi connectivity index (χ1n) is 6.09. The Balaban J connectivity index is 1.90. The molecule has 1 saturated heterocycles. The van der Waals surface area contributed by atoms with E-state index >= 15 is 0 Å². The number of aliphatic hydroxyl groups excluding tert-OH is 1. The normalized spacial score (nSPS) is 17.3. The summed E-state index contributed by atoms with van der Waals surface area (Å²) in [6.07, 6.45) is -3.12. The Morgan fingerprint density at radius 2 is 2.15 bits per heavy atom. The molecule has 0 atom stereocenters. The number of aromatic nitrogens is 1. The lowest BCUT2D eigenvalue weighted by atomic mass is 9.98. The fraction of sp³-hybridized carbons (Fsp3) is 0.636. The van der Waals surface area contributed by atoms with Crippen LogP contribution in [0.4, 0.5) is 23.1 Å². The third kappa shape index (κ3) is 3.60. The number of aliphatic hydroxyl groups is 1. The summed E-state index contributed by atoms with van der Waals surface area (Å²) in [5.74, 6) is 0.191. The molecule has 112 valence electrons. The van der Waals surface area contributed by atoms with Crippen molar-refractivity contribution in [3.63, 3.8) is 0 Å². The SMILES string of the molecule is O=C(Nc1nc(C(F)(F)F)cs1)N1CCC(CO)CC1. The molecule has 2 amide bonds. The van der Waals surface area contributed by atoms with Gasteiger partial charge in [-0.1, -0.05) is 0 Å². The summed E-state index contributed by atoms with van der Waals surface area (Å²) in [6, 6.07) is -0.454. The zero-order chi connectivity index (χ0) is 14.8. The Morgan fingerprint density at radius 3 is 2.65 bits per heavy atom. The molecule has 0 aromatic carbocycles. The quantitative estimate of drug-likeness (QED) is 0.881. The summed E-state index contributed by atoms with van der Waals surface area (Å²) in [6.45, 7) is 1.06. The van der Waals surface area contributed by atoms with Crippen molar-refractivity contribution < 1.29 is 23.1 Å². The number of nitrogens with zero attached hydrogens (tertiary/aromatic N) is 2. The number of carbonyl (C=O) groups is 1. The highest BCUT2D eigenvalue weighted by Crippen LogP contribution is 2.31. The van der Waals surface area contributed by atoms with Gasteiger partial charge in [0.25, 0.3) is 0 Å². The van der Waals surface area contributed by atoms with Gasteiger partial charge in [0.2, 0.25) is 0 Å². The summed E-state index contributed by atoms with van der Waals surface area (Å²) >= 11 is 0.744. The third-order valence-electron chi connectivity index (χ3n) is 3.17. The van der Waals surface area contributed by atoms with Crippen molar-refractivity contribution in [1.29, 1.82) is 0 Å². The van der Waals surface area contributed by atoms with Crippen LogP contribution in [0.5, 0.6) is 0 Å². The highest BCUT2D eigenvalue weighted by molar-refractivity contribution is 7.13. The number of halogens is 3. The minimum atomic E-state index is -4.50. The predicted octanol–water partition coefficient (Wildman–Crippen LogP) is 2.40. The van der Waals surface area contributed by atoms with Crippen LogP contribution < -0.4 is 5.32 Å². The van der Waals surface area contributed by atoms with E-state index in [0.717, 1.165) is 16.7 Å². The van der Waals surface area contributed by atoms with Crippen molar-refractivity contribution in [3.05, 3.63) is 11.1 Å². The van der Waals surface area contributed by atoms with E-state index in [1.165, 1.54) is 4.90 Å². The molecule has 0 radical (unpaired) electrons. The van der Waals surface area contributed by atoms with Crippen LogP contribution >= 0.6 is 11.3 Å². The average molecular weight is 309 g/mol.